The highest BCUT2D eigenvalue weighted by atomic mass is 32.2. The number of phenols is 2. The molecule has 3 amide bonds. The van der Waals surface area contributed by atoms with Crippen LogP contribution in [0.4, 0.5) is 10.8 Å². The summed E-state index contributed by atoms with van der Waals surface area (Å²) in [6.07, 6.45) is 0.907. The van der Waals surface area contributed by atoms with Crippen molar-refractivity contribution in [2.75, 3.05) is 18.0 Å². The average Bonchev–Trinajstić information content (AvgIpc) is 3.41. The minimum atomic E-state index is -1.61. The van der Waals surface area contributed by atoms with E-state index in [9.17, 15) is 54.5 Å². The molecule has 1 unspecified atom stereocenters. The molecule has 0 bridgehead atoms. The second-order valence-corrected chi connectivity index (χ2v) is 12.2. The molecule has 1 aliphatic carbocycles. The number of aromatic hydroxyl groups is 2. The molecule has 0 radical (unpaired) electrons. The Hall–Kier alpha value is -5.44. The molecule has 21 heteroatoms. The molecule has 2 fully saturated rings. The van der Waals surface area contributed by atoms with Gasteiger partial charge in [-0.05, 0) is 18.1 Å². The summed E-state index contributed by atoms with van der Waals surface area (Å²) in [5.74, 6) is -7.41. The number of thiazole rings is 1. The lowest BCUT2D eigenvalue weighted by atomic mass is 9.80. The van der Waals surface area contributed by atoms with Crippen molar-refractivity contribution in [2.45, 2.75) is 36.3 Å². The Morgan fingerprint density at radius 1 is 1.24 bits per heavy atom. The number of carboxylic acids is 2. The largest absolute Gasteiger partial charge is 0.504 e. The number of carboxylic acid groups (broad SMARTS) is 2. The first-order chi connectivity index (χ1) is 21.7. The molecule has 5 rings (SSSR count). The number of hydrogen-bond donors (Lipinski definition) is 7. The van der Waals surface area contributed by atoms with Gasteiger partial charge in [0.25, 0.3) is 17.7 Å². The van der Waals surface area contributed by atoms with E-state index >= 15 is 0 Å². The number of benzene rings is 1. The fourth-order valence-electron chi connectivity index (χ4n) is 4.77. The van der Waals surface area contributed by atoms with E-state index in [0.29, 0.717) is 6.42 Å². The molecule has 19 nitrogen and oxygen atoms in total. The molecule has 242 valence electrons. The lowest BCUT2D eigenvalue weighted by Gasteiger charge is -2.49. The van der Waals surface area contributed by atoms with Gasteiger partial charge in [0.1, 0.15) is 22.8 Å². The number of β-lactam (4-membered cyclic amide) rings is 1. The zero-order valence-corrected chi connectivity index (χ0v) is 24.8. The number of nitrogens with one attached hydrogen (secondary N) is 2. The number of nitro groups is 1. The van der Waals surface area contributed by atoms with Crippen molar-refractivity contribution in [3.05, 3.63) is 50.2 Å². The number of anilines is 1. The monoisotopic (exact) mass is 677 g/mol. The van der Waals surface area contributed by atoms with Crippen LogP contribution in [0.15, 0.2) is 33.9 Å². The first-order valence-corrected chi connectivity index (χ1v) is 15.1. The number of carbonyl (C=O) groups excluding carboxylic acids is 3. The van der Waals surface area contributed by atoms with Gasteiger partial charge in [0, 0.05) is 36.6 Å². The topological polar surface area (TPSA) is 297 Å². The number of phenolic OH excluding ortho intramolecular Hbond substituents is 2. The Bertz CT molecular complexity index is 1750. The third-order valence-corrected chi connectivity index (χ3v) is 9.38. The molecule has 3 heterocycles. The second kappa shape index (κ2) is 12.2. The van der Waals surface area contributed by atoms with E-state index in [-0.39, 0.29) is 35.0 Å². The number of nitrogen functional groups attached to an aromatic ring is 1. The third kappa shape index (κ3) is 5.72. The molecular formula is C25H23N7O12S2. The van der Waals surface area contributed by atoms with E-state index in [1.165, 1.54) is 5.38 Å². The van der Waals surface area contributed by atoms with E-state index in [0.717, 1.165) is 40.1 Å². The van der Waals surface area contributed by atoms with Crippen LogP contribution in [-0.4, -0.2) is 99.9 Å². The number of aromatic nitrogens is 1. The number of carbonyl (C=O) groups is 5. The Morgan fingerprint density at radius 2 is 1.96 bits per heavy atom. The number of thioether (sulfide) groups is 1. The van der Waals surface area contributed by atoms with Gasteiger partial charge in [-0.15, -0.1) is 23.1 Å². The highest BCUT2D eigenvalue weighted by Gasteiger charge is 2.54. The Labute approximate surface area is 264 Å². The molecule has 2 aliphatic heterocycles. The highest BCUT2D eigenvalue weighted by molar-refractivity contribution is 8.00. The number of hydrogen-bond acceptors (Lipinski definition) is 15. The van der Waals surface area contributed by atoms with Crippen LogP contribution in [0.5, 0.6) is 11.5 Å². The van der Waals surface area contributed by atoms with Gasteiger partial charge in [-0.2, -0.15) is 0 Å². The first-order valence-electron chi connectivity index (χ1n) is 13.1. The van der Waals surface area contributed by atoms with Crippen LogP contribution in [0.3, 0.4) is 0 Å². The normalized spacial score (nSPS) is 20.1. The SMILES string of the molecule is Nc1nc(/C(=N/OC2(C(=O)O)CCC2)C(=O)NC2C(=O)N3C(C(=O)O)=C(CNC(=O)c4cc(O)c(O)c([N+](=O)[O-])c4)CS[C@@H]23)cs1. The summed E-state index contributed by atoms with van der Waals surface area (Å²) in [6, 6.07) is 0.297. The molecular weight excluding hydrogens is 654 g/mol. The van der Waals surface area contributed by atoms with Crippen molar-refractivity contribution in [1.29, 1.82) is 0 Å². The van der Waals surface area contributed by atoms with Crippen molar-refractivity contribution in [3.8, 4) is 11.5 Å². The van der Waals surface area contributed by atoms with Crippen molar-refractivity contribution < 1.29 is 54.2 Å². The molecule has 8 N–H and O–H groups in total. The van der Waals surface area contributed by atoms with Gasteiger partial charge in [-0.1, -0.05) is 5.16 Å². The summed E-state index contributed by atoms with van der Waals surface area (Å²) in [7, 11) is 0. The predicted octanol–water partition coefficient (Wildman–Crippen LogP) is -0.0587. The van der Waals surface area contributed by atoms with Gasteiger partial charge < -0.3 is 41.6 Å². The molecule has 1 saturated carbocycles. The quantitative estimate of drug-likeness (QED) is 0.0539. The predicted molar refractivity (Wildman–Crippen MR) is 157 cm³/mol. The maximum Gasteiger partial charge on any atom is 0.352 e. The zero-order valence-electron chi connectivity index (χ0n) is 23.2. The molecule has 1 saturated heterocycles. The Balaban J connectivity index is 1.31. The van der Waals surface area contributed by atoms with Gasteiger partial charge >= 0.3 is 17.6 Å². The summed E-state index contributed by atoms with van der Waals surface area (Å²) in [6.45, 7) is -0.402. The summed E-state index contributed by atoms with van der Waals surface area (Å²) < 4.78 is 0. The van der Waals surface area contributed by atoms with E-state index in [2.05, 4.69) is 20.8 Å². The lowest BCUT2D eigenvalue weighted by molar-refractivity contribution is -0.386. The van der Waals surface area contributed by atoms with E-state index in [1.54, 1.807) is 0 Å². The first kappa shape index (κ1) is 32.0. The van der Waals surface area contributed by atoms with Crippen molar-refractivity contribution in [2.24, 2.45) is 5.16 Å². The highest BCUT2D eigenvalue weighted by Crippen LogP contribution is 2.41. The number of nitrogens with zero attached hydrogens (tertiary/aromatic N) is 4. The number of rotatable bonds is 11. The molecule has 1 aromatic carbocycles. The van der Waals surface area contributed by atoms with Crippen LogP contribution in [-0.2, 0) is 24.0 Å². The number of amides is 3. The Morgan fingerprint density at radius 3 is 2.52 bits per heavy atom. The van der Waals surface area contributed by atoms with Crippen LogP contribution >= 0.6 is 23.1 Å². The van der Waals surface area contributed by atoms with Crippen LogP contribution in [0.25, 0.3) is 0 Å². The van der Waals surface area contributed by atoms with Gasteiger partial charge in [0.05, 0.1) is 10.5 Å². The fourth-order valence-corrected chi connectivity index (χ4v) is 6.66. The number of nitrogens with two attached hydrogens (primary N) is 1. The standard InChI is InChI=1S/C25H23N7O12S2/c26-24-28-11(8-46-24)14(30-44-25(23(40)41)2-1-3-25)19(36)29-15-20(37)31-16(22(38)39)10(7-45-21(15)31)6-27-18(35)9-4-12(32(42)43)17(34)13(33)5-9/h4-5,8,15,21,33-34H,1-3,6-7H2,(H2,26,28)(H,27,35)(H,29,36)(H,38,39)(H,40,41)/b30-14-/t15?,21-/m0/s1. The Kier molecular flexibility index (Phi) is 8.45. The maximum absolute atomic E-state index is 13.3. The summed E-state index contributed by atoms with van der Waals surface area (Å²) in [5.41, 5.74) is 1.94. The minimum Gasteiger partial charge on any atom is -0.504 e. The number of oxime groups is 1. The number of nitro benzene ring substituents is 1. The van der Waals surface area contributed by atoms with Crippen molar-refractivity contribution >= 4 is 69.3 Å². The van der Waals surface area contributed by atoms with Gasteiger partial charge in [0.2, 0.25) is 11.4 Å². The van der Waals surface area contributed by atoms with Crippen molar-refractivity contribution in [3.63, 3.8) is 0 Å². The number of fused-ring (bicyclic) bond motifs is 1. The zero-order chi connectivity index (χ0) is 33.5. The lowest BCUT2D eigenvalue weighted by Crippen LogP contribution is -2.71. The molecule has 1 aromatic heterocycles. The second-order valence-electron chi connectivity index (χ2n) is 10.2. The average molecular weight is 678 g/mol. The fraction of sp³-hybridized carbons (Fsp3) is 0.320. The maximum atomic E-state index is 13.3. The molecule has 0 spiro atoms. The van der Waals surface area contributed by atoms with Gasteiger partial charge in [-0.25, -0.2) is 14.6 Å². The molecule has 2 aromatic rings. The third-order valence-electron chi connectivity index (χ3n) is 7.37. The van der Waals surface area contributed by atoms with Crippen molar-refractivity contribution in [1.82, 2.24) is 20.5 Å². The van der Waals surface area contributed by atoms with Crippen LogP contribution in [0.1, 0.15) is 35.3 Å². The number of aliphatic carboxylic acids is 2. The van der Waals surface area contributed by atoms with Gasteiger partial charge in [-0.3, -0.25) is 29.4 Å². The molecule has 46 heavy (non-hydrogen) atoms. The van der Waals surface area contributed by atoms with E-state index in [4.69, 9.17) is 10.6 Å². The molecule has 2 atom stereocenters. The summed E-state index contributed by atoms with van der Waals surface area (Å²) in [4.78, 5) is 83.3. The van der Waals surface area contributed by atoms with Crippen LogP contribution in [0.2, 0.25) is 0 Å². The summed E-state index contributed by atoms with van der Waals surface area (Å²) >= 11 is 2.05. The van der Waals surface area contributed by atoms with Crippen LogP contribution in [0, 0.1) is 10.1 Å². The van der Waals surface area contributed by atoms with E-state index in [1.807, 2.05) is 0 Å². The van der Waals surface area contributed by atoms with Gasteiger partial charge in [0.15, 0.2) is 16.6 Å². The molecule has 3 aliphatic rings. The van der Waals surface area contributed by atoms with E-state index < -0.39 is 92.3 Å². The minimum absolute atomic E-state index is 0.0164. The summed E-state index contributed by atoms with van der Waals surface area (Å²) in [5, 5.41) is 59.2. The smallest absolute Gasteiger partial charge is 0.352 e. The van der Waals surface area contributed by atoms with Crippen LogP contribution < -0.4 is 16.4 Å².